The highest BCUT2D eigenvalue weighted by molar-refractivity contribution is 5.81. The SMILES string of the molecule is CNc1nc2ccccc2cc1CN1CCOC(C)(C)C1. The van der Waals surface area contributed by atoms with E-state index in [9.17, 15) is 0 Å². The Kier molecular flexibility index (Phi) is 3.83. The number of para-hydroxylation sites is 1. The van der Waals surface area contributed by atoms with Crippen LogP contribution in [0.2, 0.25) is 0 Å². The molecule has 4 heteroatoms. The highest BCUT2D eigenvalue weighted by Crippen LogP contribution is 2.24. The lowest BCUT2D eigenvalue weighted by atomic mass is 10.1. The Hall–Kier alpha value is -1.65. The molecule has 0 unspecified atom stereocenters. The van der Waals surface area contributed by atoms with E-state index in [-0.39, 0.29) is 5.60 Å². The maximum Gasteiger partial charge on any atom is 0.130 e. The number of anilines is 1. The van der Waals surface area contributed by atoms with E-state index in [2.05, 4.69) is 48.3 Å². The normalized spacial score (nSPS) is 18.8. The fourth-order valence-corrected chi connectivity index (χ4v) is 2.99. The zero-order valence-electron chi connectivity index (χ0n) is 13.0. The van der Waals surface area contributed by atoms with Gasteiger partial charge in [0.05, 0.1) is 17.7 Å². The Morgan fingerprint density at radius 2 is 2.14 bits per heavy atom. The van der Waals surface area contributed by atoms with Crippen molar-refractivity contribution in [1.82, 2.24) is 9.88 Å². The lowest BCUT2D eigenvalue weighted by Gasteiger charge is -2.38. The van der Waals surface area contributed by atoms with E-state index in [0.29, 0.717) is 0 Å². The van der Waals surface area contributed by atoms with Gasteiger partial charge >= 0.3 is 0 Å². The van der Waals surface area contributed by atoms with Crippen molar-refractivity contribution in [3.63, 3.8) is 0 Å². The zero-order chi connectivity index (χ0) is 14.9. The Balaban J connectivity index is 1.88. The Bertz CT molecular complexity index is 639. The molecule has 0 amide bonds. The van der Waals surface area contributed by atoms with Crippen LogP contribution in [0.25, 0.3) is 10.9 Å². The van der Waals surface area contributed by atoms with Gasteiger partial charge in [-0.25, -0.2) is 4.98 Å². The van der Waals surface area contributed by atoms with E-state index in [1.165, 1.54) is 10.9 Å². The number of morpholine rings is 1. The van der Waals surface area contributed by atoms with Crippen LogP contribution in [-0.4, -0.2) is 42.2 Å². The molecule has 2 aromatic rings. The molecule has 1 N–H and O–H groups in total. The van der Waals surface area contributed by atoms with Gasteiger partial charge in [0.2, 0.25) is 0 Å². The van der Waals surface area contributed by atoms with Crippen molar-refractivity contribution < 1.29 is 4.74 Å². The summed E-state index contributed by atoms with van der Waals surface area (Å²) in [7, 11) is 1.93. The van der Waals surface area contributed by atoms with Gasteiger partial charge in [0.1, 0.15) is 5.82 Å². The monoisotopic (exact) mass is 285 g/mol. The van der Waals surface area contributed by atoms with Gasteiger partial charge in [0, 0.05) is 37.6 Å². The first kappa shape index (κ1) is 14.3. The largest absolute Gasteiger partial charge is 0.373 e. The predicted molar refractivity (Wildman–Crippen MR) is 86.6 cm³/mol. The fraction of sp³-hybridized carbons (Fsp3) is 0.471. The Morgan fingerprint density at radius 1 is 1.33 bits per heavy atom. The highest BCUT2D eigenvalue weighted by atomic mass is 16.5. The number of nitrogens with one attached hydrogen (secondary N) is 1. The molecule has 3 rings (SSSR count). The number of ether oxygens (including phenoxy) is 1. The second-order valence-corrected chi connectivity index (χ2v) is 6.26. The first-order valence-corrected chi connectivity index (χ1v) is 7.50. The summed E-state index contributed by atoms with van der Waals surface area (Å²) in [6.45, 7) is 7.92. The van der Waals surface area contributed by atoms with Gasteiger partial charge < -0.3 is 10.1 Å². The number of nitrogens with zero attached hydrogens (tertiary/aromatic N) is 2. The average molecular weight is 285 g/mol. The van der Waals surface area contributed by atoms with Crippen LogP contribution in [0.5, 0.6) is 0 Å². The molecule has 1 aliphatic heterocycles. The van der Waals surface area contributed by atoms with Crippen LogP contribution in [0.1, 0.15) is 19.4 Å². The summed E-state index contributed by atoms with van der Waals surface area (Å²) < 4.78 is 5.79. The van der Waals surface area contributed by atoms with Crippen LogP contribution >= 0.6 is 0 Å². The average Bonchev–Trinajstić information content (AvgIpc) is 2.45. The molecule has 1 saturated heterocycles. The molecule has 4 nitrogen and oxygen atoms in total. The Labute approximate surface area is 126 Å². The topological polar surface area (TPSA) is 37.4 Å². The van der Waals surface area contributed by atoms with Gasteiger partial charge in [-0.05, 0) is 26.0 Å². The minimum absolute atomic E-state index is 0.0671. The zero-order valence-corrected chi connectivity index (χ0v) is 13.0. The predicted octanol–water partition coefficient (Wildman–Crippen LogP) is 2.89. The number of hydrogen-bond acceptors (Lipinski definition) is 4. The third-order valence-electron chi connectivity index (χ3n) is 3.94. The quantitative estimate of drug-likeness (QED) is 0.941. The van der Waals surface area contributed by atoms with Gasteiger partial charge in [-0.3, -0.25) is 4.90 Å². The number of rotatable bonds is 3. The molecule has 0 spiro atoms. The first-order chi connectivity index (χ1) is 10.1. The summed E-state index contributed by atoms with van der Waals surface area (Å²) in [5, 5.41) is 4.42. The van der Waals surface area contributed by atoms with Crippen molar-refractivity contribution in [2.75, 3.05) is 32.1 Å². The number of aromatic nitrogens is 1. The second-order valence-electron chi connectivity index (χ2n) is 6.26. The smallest absolute Gasteiger partial charge is 0.130 e. The molecule has 21 heavy (non-hydrogen) atoms. The molecule has 0 atom stereocenters. The summed E-state index contributed by atoms with van der Waals surface area (Å²) in [5.74, 6) is 0.970. The summed E-state index contributed by atoms with van der Waals surface area (Å²) in [6.07, 6.45) is 0. The van der Waals surface area contributed by atoms with Crippen molar-refractivity contribution in [2.24, 2.45) is 0 Å². The number of benzene rings is 1. The lowest BCUT2D eigenvalue weighted by Crippen LogP contribution is -2.47. The summed E-state index contributed by atoms with van der Waals surface area (Å²) >= 11 is 0. The molecule has 1 aromatic heterocycles. The van der Waals surface area contributed by atoms with Crippen LogP contribution in [0.15, 0.2) is 30.3 Å². The van der Waals surface area contributed by atoms with E-state index in [1.54, 1.807) is 0 Å². The number of fused-ring (bicyclic) bond motifs is 1. The third kappa shape index (κ3) is 3.17. The Morgan fingerprint density at radius 3 is 2.90 bits per heavy atom. The van der Waals surface area contributed by atoms with Gasteiger partial charge in [-0.2, -0.15) is 0 Å². The molecular weight excluding hydrogens is 262 g/mol. The van der Waals surface area contributed by atoms with E-state index in [0.717, 1.165) is 37.6 Å². The third-order valence-corrected chi connectivity index (χ3v) is 3.94. The van der Waals surface area contributed by atoms with Gasteiger partial charge in [0.25, 0.3) is 0 Å². The maximum absolute atomic E-state index is 5.79. The molecule has 1 aromatic carbocycles. The molecule has 1 aliphatic rings. The van der Waals surface area contributed by atoms with Crippen molar-refractivity contribution in [1.29, 1.82) is 0 Å². The van der Waals surface area contributed by atoms with Crippen LogP contribution in [0, 0.1) is 0 Å². The summed E-state index contributed by atoms with van der Waals surface area (Å²) in [5.41, 5.74) is 2.21. The minimum Gasteiger partial charge on any atom is -0.373 e. The molecular formula is C17H23N3O. The van der Waals surface area contributed by atoms with E-state index in [1.807, 2.05) is 13.1 Å². The fourth-order valence-electron chi connectivity index (χ4n) is 2.99. The van der Waals surface area contributed by atoms with Gasteiger partial charge in [0.15, 0.2) is 0 Å². The van der Waals surface area contributed by atoms with Crippen molar-refractivity contribution >= 4 is 16.7 Å². The molecule has 0 bridgehead atoms. The standard InChI is InChI=1S/C17H23N3O/c1-17(2)12-20(8-9-21-17)11-14-10-13-6-4-5-7-15(13)19-16(14)18-3/h4-7,10H,8-9,11-12H2,1-3H3,(H,18,19). The highest BCUT2D eigenvalue weighted by Gasteiger charge is 2.27. The maximum atomic E-state index is 5.79. The van der Waals surface area contributed by atoms with E-state index >= 15 is 0 Å². The second kappa shape index (κ2) is 5.62. The summed E-state index contributed by atoms with van der Waals surface area (Å²) in [4.78, 5) is 7.17. The summed E-state index contributed by atoms with van der Waals surface area (Å²) in [6, 6.07) is 10.5. The molecule has 0 radical (unpaired) electrons. The van der Waals surface area contributed by atoms with Gasteiger partial charge in [-0.1, -0.05) is 18.2 Å². The van der Waals surface area contributed by atoms with Crippen molar-refractivity contribution in [3.05, 3.63) is 35.9 Å². The van der Waals surface area contributed by atoms with Crippen molar-refractivity contribution in [2.45, 2.75) is 26.0 Å². The molecule has 0 aliphatic carbocycles. The van der Waals surface area contributed by atoms with Crippen LogP contribution in [-0.2, 0) is 11.3 Å². The molecule has 2 heterocycles. The minimum atomic E-state index is -0.0671. The van der Waals surface area contributed by atoms with Crippen molar-refractivity contribution in [3.8, 4) is 0 Å². The van der Waals surface area contributed by atoms with Crippen LogP contribution in [0.3, 0.4) is 0 Å². The molecule has 112 valence electrons. The van der Waals surface area contributed by atoms with E-state index in [4.69, 9.17) is 9.72 Å². The van der Waals surface area contributed by atoms with Crippen LogP contribution in [0.4, 0.5) is 5.82 Å². The van der Waals surface area contributed by atoms with E-state index < -0.39 is 0 Å². The lowest BCUT2D eigenvalue weighted by molar-refractivity contribution is -0.0882. The number of pyridine rings is 1. The van der Waals surface area contributed by atoms with Crippen LogP contribution < -0.4 is 5.32 Å². The number of hydrogen-bond donors (Lipinski definition) is 1. The molecule has 1 fully saturated rings. The first-order valence-electron chi connectivity index (χ1n) is 7.50. The molecule has 0 saturated carbocycles. The van der Waals surface area contributed by atoms with Gasteiger partial charge in [-0.15, -0.1) is 0 Å².